The van der Waals surface area contributed by atoms with Gasteiger partial charge in [-0.05, 0) is 30.6 Å². The summed E-state index contributed by atoms with van der Waals surface area (Å²) in [6.07, 6.45) is 7.55. The van der Waals surface area contributed by atoms with Gasteiger partial charge in [-0.1, -0.05) is 16.9 Å². The fraction of sp³-hybridized carbons (Fsp3) is 0.667. The van der Waals surface area contributed by atoms with Crippen molar-refractivity contribution in [1.82, 2.24) is 0 Å². The summed E-state index contributed by atoms with van der Waals surface area (Å²) < 4.78 is 0. The second-order valence-corrected chi connectivity index (χ2v) is 3.26. The lowest BCUT2D eigenvalue weighted by Crippen LogP contribution is -1.84. The molecule has 46 valence electrons. The van der Waals surface area contributed by atoms with Crippen LogP contribution in [0.25, 0.3) is 0 Å². The van der Waals surface area contributed by atoms with Gasteiger partial charge >= 0.3 is 0 Å². The van der Waals surface area contributed by atoms with Crippen molar-refractivity contribution in [2.24, 2.45) is 0 Å². The SMILES string of the molecule is SSC1=CCCCC1. The zero-order valence-electron chi connectivity index (χ0n) is 4.76. The summed E-state index contributed by atoms with van der Waals surface area (Å²) in [5.74, 6) is 0. The molecule has 0 spiro atoms. The Morgan fingerprint density at radius 3 is 2.75 bits per heavy atom. The second-order valence-electron chi connectivity index (χ2n) is 2.01. The molecular weight excluding hydrogens is 136 g/mol. The van der Waals surface area contributed by atoms with Gasteiger partial charge in [0, 0.05) is 0 Å². The van der Waals surface area contributed by atoms with Crippen molar-refractivity contribution in [3.63, 3.8) is 0 Å². The van der Waals surface area contributed by atoms with Crippen molar-refractivity contribution in [2.45, 2.75) is 25.7 Å². The molecule has 0 heterocycles. The normalized spacial score (nSPS) is 20.4. The average Bonchev–Trinajstić information content (AvgIpc) is 1.90. The highest BCUT2D eigenvalue weighted by atomic mass is 33.1. The zero-order chi connectivity index (χ0) is 5.82. The first-order valence-corrected chi connectivity index (χ1v) is 4.81. The molecule has 0 aromatic heterocycles. The van der Waals surface area contributed by atoms with Crippen LogP contribution in [0.5, 0.6) is 0 Å². The Labute approximate surface area is 59.5 Å². The molecule has 8 heavy (non-hydrogen) atoms. The van der Waals surface area contributed by atoms with E-state index in [0.717, 1.165) is 0 Å². The lowest BCUT2D eigenvalue weighted by molar-refractivity contribution is 0.724. The molecule has 0 aromatic carbocycles. The van der Waals surface area contributed by atoms with E-state index in [1.165, 1.54) is 30.6 Å². The zero-order valence-corrected chi connectivity index (χ0v) is 6.47. The molecule has 1 aliphatic carbocycles. The van der Waals surface area contributed by atoms with Crippen LogP contribution in [0.15, 0.2) is 11.0 Å². The van der Waals surface area contributed by atoms with Gasteiger partial charge in [0.1, 0.15) is 0 Å². The fourth-order valence-corrected chi connectivity index (χ4v) is 1.82. The van der Waals surface area contributed by atoms with E-state index in [0.29, 0.717) is 0 Å². The smallest absolute Gasteiger partial charge is 0.00843 e. The maximum Gasteiger partial charge on any atom is -0.00843 e. The Hall–Kier alpha value is 0.440. The minimum atomic E-state index is 1.26. The third-order valence-corrected chi connectivity index (χ3v) is 2.68. The Kier molecular flexibility index (Phi) is 2.84. The van der Waals surface area contributed by atoms with Gasteiger partial charge in [0.2, 0.25) is 0 Å². The van der Waals surface area contributed by atoms with E-state index >= 15 is 0 Å². The fourth-order valence-electron chi connectivity index (χ4n) is 0.892. The third kappa shape index (κ3) is 1.75. The topological polar surface area (TPSA) is 0 Å². The van der Waals surface area contributed by atoms with Crippen molar-refractivity contribution < 1.29 is 0 Å². The summed E-state index contributed by atoms with van der Waals surface area (Å²) in [6, 6.07) is 0. The van der Waals surface area contributed by atoms with Crippen molar-refractivity contribution in [3.8, 4) is 0 Å². The Morgan fingerprint density at radius 2 is 2.38 bits per heavy atom. The predicted octanol–water partition coefficient (Wildman–Crippen LogP) is 3.02. The van der Waals surface area contributed by atoms with Crippen LogP contribution in [0.2, 0.25) is 0 Å². The molecule has 0 saturated carbocycles. The number of thiol groups is 1. The standard InChI is InChI=1S/C6H10S2/c7-8-6-4-2-1-3-5-6/h4,7H,1-3,5H2. The maximum atomic E-state index is 4.11. The molecule has 0 aliphatic heterocycles. The summed E-state index contributed by atoms with van der Waals surface area (Å²) in [6.45, 7) is 0. The lowest BCUT2D eigenvalue weighted by atomic mass is 10.1. The summed E-state index contributed by atoms with van der Waals surface area (Å²) in [5, 5.41) is 0. The summed E-state index contributed by atoms with van der Waals surface area (Å²) in [4.78, 5) is 1.46. The minimum absolute atomic E-state index is 1.26. The summed E-state index contributed by atoms with van der Waals surface area (Å²) >= 11 is 4.11. The number of rotatable bonds is 1. The van der Waals surface area contributed by atoms with Crippen LogP contribution in [-0.4, -0.2) is 0 Å². The molecule has 0 unspecified atom stereocenters. The van der Waals surface area contributed by atoms with Gasteiger partial charge < -0.3 is 0 Å². The minimum Gasteiger partial charge on any atom is -0.106 e. The van der Waals surface area contributed by atoms with Gasteiger partial charge in [-0.15, -0.1) is 11.7 Å². The highest BCUT2D eigenvalue weighted by Gasteiger charge is 2.00. The van der Waals surface area contributed by atoms with Crippen LogP contribution in [0.3, 0.4) is 0 Å². The summed E-state index contributed by atoms with van der Waals surface area (Å²) in [7, 11) is 1.60. The molecule has 0 atom stereocenters. The molecule has 1 rings (SSSR count). The Bertz CT molecular complexity index is 96.7. The Morgan fingerprint density at radius 1 is 1.50 bits per heavy atom. The molecular formula is C6H10S2. The monoisotopic (exact) mass is 146 g/mol. The Balaban J connectivity index is 2.37. The lowest BCUT2D eigenvalue weighted by Gasteiger charge is -2.07. The van der Waals surface area contributed by atoms with Gasteiger partial charge in [-0.2, -0.15) is 0 Å². The van der Waals surface area contributed by atoms with E-state index in [4.69, 9.17) is 0 Å². The highest BCUT2D eigenvalue weighted by molar-refractivity contribution is 8.70. The van der Waals surface area contributed by atoms with Gasteiger partial charge in [0.15, 0.2) is 0 Å². The predicted molar refractivity (Wildman–Crippen MR) is 43.1 cm³/mol. The van der Waals surface area contributed by atoms with Crippen LogP contribution < -0.4 is 0 Å². The molecule has 0 aromatic rings. The molecule has 0 bridgehead atoms. The van der Waals surface area contributed by atoms with E-state index in [-0.39, 0.29) is 0 Å². The first-order chi connectivity index (χ1) is 3.93. The van der Waals surface area contributed by atoms with Gasteiger partial charge in [-0.25, -0.2) is 0 Å². The van der Waals surface area contributed by atoms with Crippen molar-refractivity contribution >= 4 is 22.5 Å². The van der Waals surface area contributed by atoms with Crippen LogP contribution in [0.4, 0.5) is 0 Å². The van der Waals surface area contributed by atoms with Crippen LogP contribution >= 0.6 is 22.5 Å². The van der Waals surface area contributed by atoms with Crippen molar-refractivity contribution in [1.29, 1.82) is 0 Å². The average molecular weight is 146 g/mol. The van der Waals surface area contributed by atoms with Crippen LogP contribution in [0, 0.1) is 0 Å². The first kappa shape index (κ1) is 6.56. The number of allylic oxidation sites excluding steroid dienone is 2. The van der Waals surface area contributed by atoms with Crippen molar-refractivity contribution in [3.05, 3.63) is 11.0 Å². The van der Waals surface area contributed by atoms with E-state index in [1.54, 1.807) is 10.8 Å². The van der Waals surface area contributed by atoms with E-state index < -0.39 is 0 Å². The van der Waals surface area contributed by atoms with E-state index in [1.807, 2.05) is 0 Å². The van der Waals surface area contributed by atoms with Gasteiger partial charge in [0.05, 0.1) is 0 Å². The molecule has 2 heteroatoms. The number of hydrogen-bond donors (Lipinski definition) is 1. The third-order valence-electron chi connectivity index (χ3n) is 1.37. The summed E-state index contributed by atoms with van der Waals surface area (Å²) in [5.41, 5.74) is 0. The molecule has 1 aliphatic rings. The van der Waals surface area contributed by atoms with Crippen LogP contribution in [-0.2, 0) is 0 Å². The first-order valence-electron chi connectivity index (χ1n) is 2.94. The molecule has 0 N–H and O–H groups in total. The van der Waals surface area contributed by atoms with Gasteiger partial charge in [0.25, 0.3) is 0 Å². The van der Waals surface area contributed by atoms with E-state index in [9.17, 15) is 0 Å². The molecule has 0 amide bonds. The quantitative estimate of drug-likeness (QED) is 0.438. The van der Waals surface area contributed by atoms with Crippen LogP contribution in [0.1, 0.15) is 25.7 Å². The van der Waals surface area contributed by atoms with Gasteiger partial charge in [-0.3, -0.25) is 0 Å². The second kappa shape index (κ2) is 3.46. The highest BCUT2D eigenvalue weighted by Crippen LogP contribution is 2.29. The van der Waals surface area contributed by atoms with E-state index in [2.05, 4.69) is 17.7 Å². The van der Waals surface area contributed by atoms with Crippen molar-refractivity contribution in [2.75, 3.05) is 0 Å². The molecule has 0 saturated heterocycles. The molecule has 0 fully saturated rings. The maximum absolute atomic E-state index is 4.11. The molecule has 0 nitrogen and oxygen atoms in total. The molecule has 0 radical (unpaired) electrons. The largest absolute Gasteiger partial charge is 0.106 e. The number of hydrogen-bond acceptors (Lipinski definition) is 2.